The first kappa shape index (κ1) is 26.6. The molecular formula is C26H18ClF3N8O2. The number of aryl methyl sites for hydroxylation is 1. The molecule has 0 saturated heterocycles. The van der Waals surface area contributed by atoms with Gasteiger partial charge < -0.3 is 5.32 Å². The Balaban J connectivity index is 1.62. The molecule has 5 rings (SSSR count). The van der Waals surface area contributed by atoms with Crippen LogP contribution in [-0.2, 0) is 13.1 Å². The van der Waals surface area contributed by atoms with E-state index >= 15 is 0 Å². The predicted molar refractivity (Wildman–Crippen MR) is 141 cm³/mol. The van der Waals surface area contributed by atoms with Crippen LogP contribution in [0.25, 0.3) is 16.6 Å². The van der Waals surface area contributed by atoms with Crippen LogP contribution in [0.4, 0.5) is 24.8 Å². The number of nitrogens with zero attached hydrogens (tertiary/aromatic N) is 7. The summed E-state index contributed by atoms with van der Waals surface area (Å²) in [5, 5.41) is 16.8. The van der Waals surface area contributed by atoms with Crippen molar-refractivity contribution in [1.29, 1.82) is 5.26 Å². The SMILES string of the molecule is Cc1cncc(-n2c(=O)nc(Nc3ccc4nn(CC(F)(F)F)cc4c3)n(Cc3cc(C#N)ccc3Cl)c2=O)c1. The fraction of sp³-hybridized carbons (Fsp3) is 0.154. The summed E-state index contributed by atoms with van der Waals surface area (Å²) in [7, 11) is 0. The average Bonchev–Trinajstić information content (AvgIpc) is 3.27. The second-order valence-electron chi connectivity index (χ2n) is 8.90. The van der Waals surface area contributed by atoms with E-state index in [4.69, 9.17) is 11.6 Å². The third kappa shape index (κ3) is 5.57. The molecule has 0 atom stereocenters. The van der Waals surface area contributed by atoms with Crippen LogP contribution < -0.4 is 16.7 Å². The van der Waals surface area contributed by atoms with Gasteiger partial charge in [0, 0.05) is 28.5 Å². The third-order valence-corrected chi connectivity index (χ3v) is 6.21. The molecule has 1 N–H and O–H groups in total. The number of alkyl halides is 3. The van der Waals surface area contributed by atoms with Crippen LogP contribution in [0.15, 0.2) is 70.6 Å². The molecule has 0 amide bonds. The smallest absolute Gasteiger partial charge is 0.325 e. The molecule has 2 aromatic carbocycles. The summed E-state index contributed by atoms with van der Waals surface area (Å²) in [5.74, 6) is -0.146. The van der Waals surface area contributed by atoms with Gasteiger partial charge in [-0.1, -0.05) is 11.6 Å². The molecule has 5 aromatic rings. The zero-order valence-electron chi connectivity index (χ0n) is 20.6. The van der Waals surface area contributed by atoms with Crippen molar-refractivity contribution in [3.63, 3.8) is 0 Å². The number of hydrogen-bond acceptors (Lipinski definition) is 7. The van der Waals surface area contributed by atoms with E-state index < -0.39 is 24.1 Å². The van der Waals surface area contributed by atoms with Crippen molar-refractivity contribution in [1.82, 2.24) is 28.9 Å². The van der Waals surface area contributed by atoms with E-state index in [0.717, 1.165) is 9.25 Å². The highest BCUT2D eigenvalue weighted by atomic mass is 35.5. The molecule has 0 aliphatic carbocycles. The first-order chi connectivity index (χ1) is 19.0. The van der Waals surface area contributed by atoms with Gasteiger partial charge in [-0.05, 0) is 60.5 Å². The van der Waals surface area contributed by atoms with Crippen molar-refractivity contribution < 1.29 is 13.2 Å². The Bertz CT molecular complexity index is 1920. The van der Waals surface area contributed by atoms with Crippen LogP contribution in [0.3, 0.4) is 0 Å². The maximum Gasteiger partial charge on any atom is 0.408 e. The number of anilines is 2. The molecule has 0 saturated carbocycles. The number of nitrogens with one attached hydrogen (secondary N) is 1. The largest absolute Gasteiger partial charge is 0.408 e. The standard InChI is InChI=1S/C26H18ClF3N8O2/c1-15-6-20(11-32-10-15)38-24(39)34-23(37(25(38)40)13-17-7-16(9-31)2-4-21(17)27)33-19-3-5-22-18(8-19)12-36(35-22)14-26(28,29)30/h2-8,10-12H,13-14H2,1H3,(H,33,34,39). The van der Waals surface area contributed by atoms with Gasteiger partial charge in [-0.2, -0.15) is 28.5 Å². The third-order valence-electron chi connectivity index (χ3n) is 5.84. The summed E-state index contributed by atoms with van der Waals surface area (Å²) in [5.41, 5.74) is 0.671. The average molecular weight is 567 g/mol. The Morgan fingerprint density at radius 3 is 2.62 bits per heavy atom. The van der Waals surface area contributed by atoms with E-state index in [2.05, 4.69) is 20.4 Å². The fourth-order valence-electron chi connectivity index (χ4n) is 4.10. The van der Waals surface area contributed by atoms with Crippen molar-refractivity contribution >= 4 is 34.1 Å². The number of benzene rings is 2. The first-order valence-corrected chi connectivity index (χ1v) is 12.0. The molecule has 0 aliphatic rings. The van der Waals surface area contributed by atoms with Crippen molar-refractivity contribution in [2.45, 2.75) is 26.2 Å². The quantitative estimate of drug-likeness (QED) is 0.324. The summed E-state index contributed by atoms with van der Waals surface area (Å²) >= 11 is 6.36. The minimum absolute atomic E-state index is 0.146. The van der Waals surface area contributed by atoms with E-state index in [9.17, 15) is 28.0 Å². The Hall–Kier alpha value is -4.96. The normalized spacial score (nSPS) is 11.5. The number of hydrogen-bond donors (Lipinski definition) is 1. The van der Waals surface area contributed by atoms with Crippen LogP contribution in [-0.4, -0.2) is 35.1 Å². The lowest BCUT2D eigenvalue weighted by Gasteiger charge is -2.16. The molecule has 3 heterocycles. The van der Waals surface area contributed by atoms with Crippen LogP contribution in [0.1, 0.15) is 16.7 Å². The maximum absolute atomic E-state index is 13.7. The molecule has 14 heteroatoms. The van der Waals surface area contributed by atoms with Crippen molar-refractivity contribution in [3.05, 3.63) is 104 Å². The molecule has 0 bridgehead atoms. The first-order valence-electron chi connectivity index (χ1n) is 11.7. The predicted octanol–water partition coefficient (Wildman–Crippen LogP) is 4.33. The second-order valence-corrected chi connectivity index (χ2v) is 9.31. The molecule has 0 fully saturated rings. The van der Waals surface area contributed by atoms with Crippen LogP contribution >= 0.6 is 11.6 Å². The zero-order valence-corrected chi connectivity index (χ0v) is 21.4. The topological polar surface area (TPSA) is 123 Å². The van der Waals surface area contributed by atoms with Gasteiger partial charge in [0.15, 0.2) is 0 Å². The Labute approximate surface area is 228 Å². The Kier molecular flexibility index (Phi) is 6.87. The van der Waals surface area contributed by atoms with Gasteiger partial charge in [0.25, 0.3) is 0 Å². The lowest BCUT2D eigenvalue weighted by atomic mass is 10.1. The molecule has 3 aromatic heterocycles. The Morgan fingerprint density at radius 2 is 1.90 bits per heavy atom. The summed E-state index contributed by atoms with van der Waals surface area (Å²) in [4.78, 5) is 34.9. The van der Waals surface area contributed by atoms with Gasteiger partial charge in [0.2, 0.25) is 5.95 Å². The number of halogens is 4. The van der Waals surface area contributed by atoms with Crippen LogP contribution in [0.5, 0.6) is 0 Å². The lowest BCUT2D eigenvalue weighted by Crippen LogP contribution is -2.41. The van der Waals surface area contributed by atoms with Gasteiger partial charge in [-0.3, -0.25) is 14.2 Å². The highest BCUT2D eigenvalue weighted by molar-refractivity contribution is 6.31. The zero-order chi connectivity index (χ0) is 28.6. The minimum atomic E-state index is -4.44. The van der Waals surface area contributed by atoms with E-state index in [1.54, 1.807) is 19.2 Å². The number of rotatable bonds is 6. The molecule has 0 unspecified atom stereocenters. The summed E-state index contributed by atoms with van der Waals surface area (Å²) < 4.78 is 41.2. The number of nitriles is 1. The summed E-state index contributed by atoms with van der Waals surface area (Å²) in [6.45, 7) is 0.345. The monoisotopic (exact) mass is 566 g/mol. The Morgan fingerprint density at radius 1 is 1.10 bits per heavy atom. The van der Waals surface area contributed by atoms with E-state index in [-0.39, 0.29) is 23.2 Å². The summed E-state index contributed by atoms with van der Waals surface area (Å²) in [6.07, 6.45) is -0.282. The molecule has 0 aliphatic heterocycles. The maximum atomic E-state index is 13.7. The van der Waals surface area contributed by atoms with Crippen molar-refractivity contribution in [3.8, 4) is 11.8 Å². The van der Waals surface area contributed by atoms with Crippen LogP contribution in [0, 0.1) is 18.3 Å². The van der Waals surface area contributed by atoms with E-state index in [1.807, 2.05) is 6.07 Å². The van der Waals surface area contributed by atoms with E-state index in [0.29, 0.717) is 33.3 Å². The molecule has 0 radical (unpaired) electrons. The highest BCUT2D eigenvalue weighted by Gasteiger charge is 2.28. The van der Waals surface area contributed by atoms with E-state index in [1.165, 1.54) is 53.4 Å². The van der Waals surface area contributed by atoms with Gasteiger partial charge in [-0.15, -0.1) is 0 Å². The van der Waals surface area contributed by atoms with Gasteiger partial charge in [0.05, 0.1) is 35.6 Å². The molecule has 10 nitrogen and oxygen atoms in total. The number of fused-ring (bicyclic) bond motifs is 1. The molecular weight excluding hydrogens is 549 g/mol. The van der Waals surface area contributed by atoms with Gasteiger partial charge in [0.1, 0.15) is 6.54 Å². The number of pyridine rings is 1. The molecule has 202 valence electrons. The van der Waals surface area contributed by atoms with Crippen molar-refractivity contribution in [2.24, 2.45) is 0 Å². The van der Waals surface area contributed by atoms with Crippen LogP contribution in [0.2, 0.25) is 5.02 Å². The summed E-state index contributed by atoms with van der Waals surface area (Å²) in [6, 6.07) is 12.7. The molecule has 0 spiro atoms. The molecule has 40 heavy (non-hydrogen) atoms. The van der Waals surface area contributed by atoms with Gasteiger partial charge >= 0.3 is 17.6 Å². The minimum Gasteiger partial charge on any atom is -0.325 e. The lowest BCUT2D eigenvalue weighted by molar-refractivity contribution is -0.142. The fourth-order valence-corrected chi connectivity index (χ4v) is 4.28. The number of aromatic nitrogens is 6. The van der Waals surface area contributed by atoms with Crippen molar-refractivity contribution in [2.75, 3.05) is 5.32 Å². The highest BCUT2D eigenvalue weighted by Crippen LogP contribution is 2.24. The second kappa shape index (κ2) is 10.3. The van der Waals surface area contributed by atoms with Gasteiger partial charge in [-0.25, -0.2) is 14.2 Å².